The van der Waals surface area contributed by atoms with Crippen molar-refractivity contribution in [1.29, 1.82) is 5.26 Å². The molecule has 1 atom stereocenters. The Balaban J connectivity index is 1.28. The van der Waals surface area contributed by atoms with E-state index in [0.29, 0.717) is 5.56 Å². The number of hydrogen-bond acceptors (Lipinski definition) is 4. The van der Waals surface area contributed by atoms with Crippen molar-refractivity contribution < 1.29 is 0 Å². The molecule has 7 aromatic rings. The van der Waals surface area contributed by atoms with Gasteiger partial charge in [-0.15, -0.1) is 0 Å². The van der Waals surface area contributed by atoms with Gasteiger partial charge in [0.05, 0.1) is 39.5 Å². The van der Waals surface area contributed by atoms with E-state index < -0.39 is 5.41 Å². The molecule has 2 aromatic heterocycles. The molecule has 0 saturated heterocycles. The molecule has 5 aromatic carbocycles. The van der Waals surface area contributed by atoms with Crippen molar-refractivity contribution in [1.82, 2.24) is 9.55 Å². The predicted molar refractivity (Wildman–Crippen MR) is 197 cm³/mol. The number of nitriles is 1. The molecule has 0 saturated carbocycles. The summed E-state index contributed by atoms with van der Waals surface area (Å²) >= 11 is 1.81. The summed E-state index contributed by atoms with van der Waals surface area (Å²) in [6, 6.07) is 45.2. The Morgan fingerprint density at radius 3 is 2.29 bits per heavy atom. The average Bonchev–Trinajstić information content (AvgIpc) is 3.61. The lowest BCUT2D eigenvalue weighted by atomic mass is 9.66. The van der Waals surface area contributed by atoms with E-state index in [2.05, 4.69) is 138 Å². The molecule has 0 fully saturated rings. The molecule has 1 aliphatic heterocycles. The molecule has 0 N–H and O–H groups in total. The zero-order valence-electron chi connectivity index (χ0n) is 26.2. The van der Waals surface area contributed by atoms with E-state index in [1.54, 1.807) is 0 Å². The van der Waals surface area contributed by atoms with Crippen molar-refractivity contribution in [2.24, 2.45) is 4.99 Å². The number of allylic oxidation sites excluding steroid dienone is 3. The second-order valence-electron chi connectivity index (χ2n) is 12.1. The minimum Gasteiger partial charge on any atom is -0.309 e. The highest BCUT2D eigenvalue weighted by molar-refractivity contribution is 7.99. The zero-order valence-corrected chi connectivity index (χ0v) is 27.0. The summed E-state index contributed by atoms with van der Waals surface area (Å²) in [5.74, 6) is 0. The Bertz CT molecular complexity index is 2580. The van der Waals surface area contributed by atoms with Crippen LogP contribution in [-0.4, -0.2) is 16.3 Å². The van der Waals surface area contributed by atoms with E-state index >= 15 is 0 Å². The van der Waals surface area contributed by atoms with Crippen molar-refractivity contribution >= 4 is 46.0 Å². The van der Waals surface area contributed by atoms with Gasteiger partial charge in [0.2, 0.25) is 0 Å². The molecule has 4 nitrogen and oxygen atoms in total. The molecule has 0 amide bonds. The Morgan fingerprint density at radius 2 is 1.48 bits per heavy atom. The van der Waals surface area contributed by atoms with Gasteiger partial charge in [0.1, 0.15) is 0 Å². The highest BCUT2D eigenvalue weighted by Gasteiger charge is 2.51. The number of rotatable bonds is 4. The minimum atomic E-state index is -0.566. The standard InChI is InChI=1S/C43H28N4S/c1-3-10-35-41(45-2)42-36(14-9-22-46-42)43(35)33-13-7-8-15-39(33)48-40-25-29(17-19-34(40)43)28-18-21-38-32(24-28)31-23-27(26-44)16-20-37(31)47(38)30-11-5-4-6-12-30/h3-25H,2H2,1H3/b10-3-. The number of aromatic nitrogens is 2. The van der Waals surface area contributed by atoms with E-state index in [0.717, 1.165) is 61.1 Å². The number of nitrogens with zero attached hydrogens (tertiary/aromatic N) is 4. The van der Waals surface area contributed by atoms with Crippen LogP contribution in [0.2, 0.25) is 0 Å². The first kappa shape index (κ1) is 28.3. The minimum absolute atomic E-state index is 0.566. The van der Waals surface area contributed by atoms with Crippen LogP contribution >= 0.6 is 11.8 Å². The second-order valence-corrected chi connectivity index (χ2v) is 13.2. The van der Waals surface area contributed by atoms with Gasteiger partial charge in [-0.25, -0.2) is 0 Å². The monoisotopic (exact) mass is 632 g/mol. The largest absolute Gasteiger partial charge is 0.309 e. The smallest absolute Gasteiger partial charge is 0.0991 e. The summed E-state index contributed by atoms with van der Waals surface area (Å²) in [6.07, 6.45) is 6.11. The molecule has 5 heteroatoms. The van der Waals surface area contributed by atoms with Crippen molar-refractivity contribution in [3.63, 3.8) is 0 Å². The Hall–Kier alpha value is -5.96. The van der Waals surface area contributed by atoms with Crippen molar-refractivity contribution in [2.75, 3.05) is 0 Å². The van der Waals surface area contributed by atoms with Crippen LogP contribution in [0.5, 0.6) is 0 Å². The van der Waals surface area contributed by atoms with Gasteiger partial charge in [0.25, 0.3) is 0 Å². The number of benzene rings is 5. The summed E-state index contributed by atoms with van der Waals surface area (Å²) in [5.41, 5.74) is 12.0. The summed E-state index contributed by atoms with van der Waals surface area (Å²) in [4.78, 5) is 11.8. The lowest BCUT2D eigenvalue weighted by molar-refractivity contribution is 0.713. The number of pyridine rings is 1. The van der Waals surface area contributed by atoms with Crippen LogP contribution in [0.3, 0.4) is 0 Å². The molecule has 1 aliphatic carbocycles. The Labute approximate surface area is 283 Å². The molecular weight excluding hydrogens is 605 g/mol. The number of aliphatic imine (C=N–C) groups is 1. The van der Waals surface area contributed by atoms with E-state index in [4.69, 9.17) is 4.98 Å². The molecule has 226 valence electrons. The van der Waals surface area contributed by atoms with Crippen LogP contribution in [0.1, 0.15) is 34.9 Å². The summed E-state index contributed by atoms with van der Waals surface area (Å²) < 4.78 is 2.28. The van der Waals surface area contributed by atoms with E-state index in [-0.39, 0.29) is 0 Å². The van der Waals surface area contributed by atoms with Gasteiger partial charge >= 0.3 is 0 Å². The third-order valence-electron chi connectivity index (χ3n) is 9.73. The van der Waals surface area contributed by atoms with Gasteiger partial charge in [-0.3, -0.25) is 9.98 Å². The summed E-state index contributed by atoms with van der Waals surface area (Å²) in [7, 11) is 0. The first-order valence-electron chi connectivity index (χ1n) is 15.9. The number of hydrogen-bond donors (Lipinski definition) is 0. The maximum Gasteiger partial charge on any atom is 0.0991 e. The maximum absolute atomic E-state index is 9.76. The zero-order chi connectivity index (χ0) is 32.4. The van der Waals surface area contributed by atoms with Crippen LogP contribution in [-0.2, 0) is 5.41 Å². The Morgan fingerprint density at radius 1 is 0.771 bits per heavy atom. The fraction of sp³-hybridized carbons (Fsp3) is 0.0465. The molecule has 48 heavy (non-hydrogen) atoms. The van der Waals surface area contributed by atoms with Gasteiger partial charge in [-0.05, 0) is 108 Å². The van der Waals surface area contributed by atoms with Crippen molar-refractivity contribution in [3.05, 3.63) is 173 Å². The van der Waals surface area contributed by atoms with Crippen molar-refractivity contribution in [2.45, 2.75) is 22.1 Å². The summed E-state index contributed by atoms with van der Waals surface area (Å²) in [6.45, 7) is 6.04. The van der Waals surface area contributed by atoms with Crippen LogP contribution in [0.15, 0.2) is 160 Å². The Kier molecular flexibility index (Phi) is 6.36. The second kappa shape index (κ2) is 10.8. The van der Waals surface area contributed by atoms with Gasteiger partial charge in [0.15, 0.2) is 0 Å². The first-order chi connectivity index (χ1) is 23.7. The first-order valence-corrected chi connectivity index (χ1v) is 16.7. The number of para-hydroxylation sites is 1. The average molecular weight is 633 g/mol. The molecule has 1 unspecified atom stereocenters. The highest BCUT2D eigenvalue weighted by Crippen LogP contribution is 2.61. The predicted octanol–water partition coefficient (Wildman–Crippen LogP) is 10.5. The third kappa shape index (κ3) is 3.84. The molecule has 1 spiro atoms. The van der Waals surface area contributed by atoms with Crippen molar-refractivity contribution in [3.8, 4) is 22.9 Å². The topological polar surface area (TPSA) is 54.0 Å². The molecule has 0 bridgehead atoms. The van der Waals surface area contributed by atoms with Crippen LogP contribution in [0.4, 0.5) is 0 Å². The third-order valence-corrected chi connectivity index (χ3v) is 10.9. The lowest BCUT2D eigenvalue weighted by Gasteiger charge is -2.40. The highest BCUT2D eigenvalue weighted by atomic mass is 32.2. The van der Waals surface area contributed by atoms with E-state index in [1.807, 2.05) is 42.2 Å². The fourth-order valence-corrected chi connectivity index (χ4v) is 9.04. The lowest BCUT2D eigenvalue weighted by Crippen LogP contribution is -2.32. The quantitative estimate of drug-likeness (QED) is 0.181. The SMILES string of the molecule is C=NC1=C(/C=C\C)C2(c3ccccc3Sc3cc(-c4ccc5c(c4)c4cc(C#N)ccc4n5-c4ccccc4)ccc32)c2cccnc21. The van der Waals surface area contributed by atoms with Gasteiger partial charge in [-0.1, -0.05) is 84.6 Å². The van der Waals surface area contributed by atoms with Crippen LogP contribution in [0, 0.1) is 11.3 Å². The van der Waals surface area contributed by atoms with Gasteiger partial charge < -0.3 is 4.57 Å². The van der Waals surface area contributed by atoms with Gasteiger partial charge in [-0.2, -0.15) is 5.26 Å². The van der Waals surface area contributed by atoms with E-state index in [9.17, 15) is 5.26 Å². The normalized spacial score (nSPS) is 16.3. The molecule has 0 radical (unpaired) electrons. The maximum atomic E-state index is 9.76. The van der Waals surface area contributed by atoms with Gasteiger partial charge in [0, 0.05) is 32.4 Å². The fourth-order valence-electron chi connectivity index (χ4n) is 7.81. The summed E-state index contributed by atoms with van der Waals surface area (Å²) in [5, 5.41) is 11.9. The molecular formula is C43H28N4S. The molecule has 3 heterocycles. The number of fused-ring (bicyclic) bond motifs is 9. The van der Waals surface area contributed by atoms with Crippen LogP contribution in [0.25, 0.3) is 44.3 Å². The molecule has 9 rings (SSSR count). The molecule has 2 aliphatic rings. The van der Waals surface area contributed by atoms with E-state index in [1.165, 1.54) is 20.9 Å². The van der Waals surface area contributed by atoms with Crippen LogP contribution < -0.4 is 0 Å².